The predicted octanol–water partition coefficient (Wildman–Crippen LogP) is 13.0. The maximum Gasteiger partial charge on any atom is 0.164 e. The Morgan fingerprint density at radius 1 is 0.298 bits per heavy atom. The molecule has 6 heteroatoms. The lowest BCUT2D eigenvalue weighted by atomic mass is 10.1. The molecule has 0 atom stereocenters. The average Bonchev–Trinajstić information content (AvgIpc) is 3.93. The molecule has 0 saturated heterocycles. The number of rotatable bonds is 5. The lowest BCUT2D eigenvalue weighted by Gasteiger charge is -2.11. The van der Waals surface area contributed by atoms with Crippen LogP contribution in [0.5, 0.6) is 0 Å². The summed E-state index contributed by atoms with van der Waals surface area (Å²) in [4.78, 5) is 15.1. The van der Waals surface area contributed by atoms with E-state index >= 15 is 0 Å². The fourth-order valence-corrected chi connectivity index (χ4v) is 8.54. The zero-order valence-corrected chi connectivity index (χ0v) is 30.5. The Labute approximate surface area is 326 Å². The van der Waals surface area contributed by atoms with Crippen molar-refractivity contribution < 1.29 is 4.42 Å². The number of hydrogen-bond acceptors (Lipinski definition) is 4. The van der Waals surface area contributed by atoms with Crippen LogP contribution in [0.3, 0.4) is 0 Å². The molecule has 0 N–H and O–H groups in total. The summed E-state index contributed by atoms with van der Waals surface area (Å²) < 4.78 is 11.0. The first kappa shape index (κ1) is 31.5. The minimum Gasteiger partial charge on any atom is -0.456 e. The monoisotopic (exact) mass is 729 g/mol. The van der Waals surface area contributed by atoms with E-state index in [0.717, 1.165) is 61.0 Å². The highest BCUT2D eigenvalue weighted by Crippen LogP contribution is 2.40. The van der Waals surface area contributed by atoms with E-state index in [1.807, 2.05) is 54.6 Å². The summed E-state index contributed by atoms with van der Waals surface area (Å²) in [5.74, 6) is 1.81. The summed E-state index contributed by atoms with van der Waals surface area (Å²) in [5.41, 5.74) is 11.2. The van der Waals surface area contributed by atoms with Gasteiger partial charge in [-0.25, -0.2) is 15.0 Å². The van der Waals surface area contributed by atoms with Crippen molar-refractivity contribution in [1.29, 1.82) is 0 Å². The second kappa shape index (κ2) is 12.3. The van der Waals surface area contributed by atoms with Crippen molar-refractivity contribution in [2.45, 2.75) is 0 Å². The first-order valence-corrected chi connectivity index (χ1v) is 19.1. The lowest BCUT2D eigenvalue weighted by Crippen LogP contribution is -2.00. The third-order valence-corrected chi connectivity index (χ3v) is 11.2. The molecule has 0 saturated carbocycles. The molecule has 4 heterocycles. The van der Waals surface area contributed by atoms with E-state index in [0.29, 0.717) is 17.5 Å². The smallest absolute Gasteiger partial charge is 0.164 e. The van der Waals surface area contributed by atoms with Crippen molar-refractivity contribution in [3.63, 3.8) is 0 Å². The third-order valence-electron chi connectivity index (χ3n) is 11.2. The van der Waals surface area contributed by atoms with E-state index in [2.05, 4.69) is 143 Å². The van der Waals surface area contributed by atoms with Crippen LogP contribution in [0.1, 0.15) is 0 Å². The standard InChI is InChI=1S/C51H31N5O/c1-3-13-32(14-4-1)49-52-50(54-51(53-49)34-25-28-40-39-19-9-12-22-47(39)57-48(40)29-34)33-23-26-36(27-24-33)56-44-21-11-8-18-38(44)42-30-41-37-17-7-10-20-43(37)55(45(41)31-46(42)56)35-15-5-2-6-16-35/h1-31H. The number of fused-ring (bicyclic) bond motifs is 9. The van der Waals surface area contributed by atoms with Crippen LogP contribution in [0, 0.1) is 0 Å². The molecule has 266 valence electrons. The highest BCUT2D eigenvalue weighted by Gasteiger charge is 2.19. The van der Waals surface area contributed by atoms with Gasteiger partial charge in [-0.2, -0.15) is 0 Å². The summed E-state index contributed by atoms with van der Waals surface area (Å²) in [6.45, 7) is 0. The third kappa shape index (κ3) is 4.94. The predicted molar refractivity (Wildman–Crippen MR) is 232 cm³/mol. The average molecular weight is 730 g/mol. The second-order valence-electron chi connectivity index (χ2n) is 14.5. The van der Waals surface area contributed by atoms with Crippen molar-refractivity contribution in [2.75, 3.05) is 0 Å². The minimum atomic E-state index is 0.588. The van der Waals surface area contributed by atoms with Crippen LogP contribution in [-0.2, 0) is 0 Å². The highest BCUT2D eigenvalue weighted by molar-refractivity contribution is 6.19. The van der Waals surface area contributed by atoms with Crippen LogP contribution in [0.15, 0.2) is 192 Å². The molecule has 12 rings (SSSR count). The molecule has 57 heavy (non-hydrogen) atoms. The molecule has 0 aliphatic carbocycles. The molecule has 0 spiro atoms. The molecule has 4 aromatic heterocycles. The maximum atomic E-state index is 6.25. The van der Waals surface area contributed by atoms with Crippen molar-refractivity contribution in [2.24, 2.45) is 0 Å². The van der Waals surface area contributed by atoms with Crippen LogP contribution >= 0.6 is 0 Å². The maximum absolute atomic E-state index is 6.25. The number of para-hydroxylation sites is 4. The van der Waals surface area contributed by atoms with Crippen LogP contribution in [0.25, 0.3) is 111 Å². The number of nitrogens with zero attached hydrogens (tertiary/aromatic N) is 5. The quantitative estimate of drug-likeness (QED) is 0.177. The molecule has 0 fully saturated rings. The molecule has 0 bridgehead atoms. The molecule has 0 radical (unpaired) electrons. The zero-order valence-electron chi connectivity index (χ0n) is 30.5. The second-order valence-corrected chi connectivity index (χ2v) is 14.5. The number of benzene rings is 8. The Kier molecular flexibility index (Phi) is 6.83. The Hall–Kier alpha value is -7.83. The van der Waals surface area contributed by atoms with Gasteiger partial charge in [0.2, 0.25) is 0 Å². The Balaban J connectivity index is 1.02. The first-order chi connectivity index (χ1) is 28.2. The number of hydrogen-bond donors (Lipinski definition) is 0. The molecular weight excluding hydrogens is 699 g/mol. The topological polar surface area (TPSA) is 61.7 Å². The SMILES string of the molecule is c1ccc(-c2nc(-c3ccc(-n4c5ccccc5c5cc6c7ccccc7n(-c7ccccc7)c6cc54)cc3)nc(-c3ccc4c(c3)oc3ccccc34)n2)cc1. The number of furan rings is 1. The summed E-state index contributed by atoms with van der Waals surface area (Å²) in [5, 5.41) is 7.06. The lowest BCUT2D eigenvalue weighted by molar-refractivity contribution is 0.669. The zero-order chi connectivity index (χ0) is 37.5. The minimum absolute atomic E-state index is 0.588. The highest BCUT2D eigenvalue weighted by atomic mass is 16.3. The Morgan fingerprint density at radius 2 is 0.772 bits per heavy atom. The summed E-state index contributed by atoms with van der Waals surface area (Å²) in [6.07, 6.45) is 0. The summed E-state index contributed by atoms with van der Waals surface area (Å²) >= 11 is 0. The molecular formula is C51H31N5O. The number of aromatic nitrogens is 5. The van der Waals surface area contributed by atoms with Gasteiger partial charge in [-0.1, -0.05) is 109 Å². The van der Waals surface area contributed by atoms with Crippen LogP contribution < -0.4 is 0 Å². The van der Waals surface area contributed by atoms with Crippen molar-refractivity contribution in [3.05, 3.63) is 188 Å². The van der Waals surface area contributed by atoms with Gasteiger partial charge in [0.1, 0.15) is 11.2 Å². The van der Waals surface area contributed by atoms with E-state index in [9.17, 15) is 0 Å². The van der Waals surface area contributed by atoms with E-state index in [4.69, 9.17) is 19.4 Å². The van der Waals surface area contributed by atoms with Gasteiger partial charge in [-0.15, -0.1) is 0 Å². The molecule has 0 aliphatic heterocycles. The van der Waals surface area contributed by atoms with Gasteiger partial charge in [0.15, 0.2) is 17.5 Å². The van der Waals surface area contributed by atoms with Gasteiger partial charge in [-0.3, -0.25) is 0 Å². The Bertz CT molecular complexity index is 3510. The van der Waals surface area contributed by atoms with Crippen molar-refractivity contribution >= 4 is 65.6 Å². The van der Waals surface area contributed by atoms with Gasteiger partial charge in [0.05, 0.1) is 22.1 Å². The fraction of sp³-hybridized carbons (Fsp3) is 0. The van der Waals surface area contributed by atoms with Crippen LogP contribution in [0.2, 0.25) is 0 Å². The molecule has 12 aromatic rings. The molecule has 0 amide bonds. The van der Waals surface area contributed by atoms with E-state index < -0.39 is 0 Å². The van der Waals surface area contributed by atoms with Crippen molar-refractivity contribution in [1.82, 2.24) is 24.1 Å². The first-order valence-electron chi connectivity index (χ1n) is 19.1. The fourth-order valence-electron chi connectivity index (χ4n) is 8.54. The van der Waals surface area contributed by atoms with Gasteiger partial charge in [0, 0.05) is 60.4 Å². The largest absolute Gasteiger partial charge is 0.456 e. The van der Waals surface area contributed by atoms with Crippen LogP contribution in [0.4, 0.5) is 0 Å². The van der Waals surface area contributed by atoms with E-state index in [1.165, 1.54) is 32.6 Å². The summed E-state index contributed by atoms with van der Waals surface area (Å²) in [6, 6.07) is 65.7. The van der Waals surface area contributed by atoms with Crippen LogP contribution in [-0.4, -0.2) is 24.1 Å². The van der Waals surface area contributed by atoms with E-state index in [-0.39, 0.29) is 0 Å². The Morgan fingerprint density at radius 3 is 1.42 bits per heavy atom. The molecule has 8 aromatic carbocycles. The van der Waals surface area contributed by atoms with Gasteiger partial charge >= 0.3 is 0 Å². The van der Waals surface area contributed by atoms with Gasteiger partial charge in [-0.05, 0) is 78.9 Å². The molecule has 0 aliphatic rings. The van der Waals surface area contributed by atoms with Crippen molar-refractivity contribution in [3.8, 4) is 45.5 Å². The normalized spacial score (nSPS) is 11.9. The molecule has 0 unspecified atom stereocenters. The molecule has 6 nitrogen and oxygen atoms in total. The van der Waals surface area contributed by atoms with Gasteiger partial charge in [0.25, 0.3) is 0 Å². The van der Waals surface area contributed by atoms with E-state index in [1.54, 1.807) is 0 Å². The van der Waals surface area contributed by atoms with Gasteiger partial charge < -0.3 is 13.6 Å². The summed E-state index contributed by atoms with van der Waals surface area (Å²) in [7, 11) is 0.